The van der Waals surface area contributed by atoms with Gasteiger partial charge in [-0.2, -0.15) is 5.26 Å². The molecule has 1 aromatic heterocycles. The molecule has 5 heteroatoms. The zero-order valence-corrected chi connectivity index (χ0v) is 13.3. The van der Waals surface area contributed by atoms with Gasteiger partial charge in [0.15, 0.2) is 0 Å². The topological polar surface area (TPSA) is 67.0 Å². The van der Waals surface area contributed by atoms with Crippen LogP contribution in [0.3, 0.4) is 0 Å². The number of amides is 1. The van der Waals surface area contributed by atoms with Gasteiger partial charge in [-0.3, -0.25) is 4.79 Å². The maximum absolute atomic E-state index is 12.4. The Morgan fingerprint density at radius 2 is 2.17 bits per heavy atom. The number of nitrogens with one attached hydrogen (secondary N) is 1. The molecule has 24 heavy (non-hydrogen) atoms. The number of carbonyl (C=O) groups is 1. The van der Waals surface area contributed by atoms with Gasteiger partial charge < -0.3 is 14.6 Å². The molecule has 1 N–H and O–H groups in total. The van der Waals surface area contributed by atoms with E-state index in [4.69, 9.17) is 10.00 Å². The second-order valence-electron chi connectivity index (χ2n) is 6.54. The molecule has 0 radical (unpaired) electrons. The van der Waals surface area contributed by atoms with Gasteiger partial charge >= 0.3 is 0 Å². The molecule has 1 saturated carbocycles. The summed E-state index contributed by atoms with van der Waals surface area (Å²) >= 11 is 0. The molecule has 1 saturated heterocycles. The summed E-state index contributed by atoms with van der Waals surface area (Å²) in [6, 6.07) is 13.8. The number of ether oxygens (including phenoxy) is 1. The van der Waals surface area contributed by atoms with E-state index in [9.17, 15) is 4.79 Å². The predicted molar refractivity (Wildman–Crippen MR) is 88.0 cm³/mol. The average molecular weight is 321 g/mol. The average Bonchev–Trinajstić information content (AvgIpc) is 3.19. The van der Waals surface area contributed by atoms with Crippen LogP contribution >= 0.6 is 0 Å². The number of hydrogen-bond acceptors (Lipinski definition) is 3. The Kier molecular flexibility index (Phi) is 3.62. The van der Waals surface area contributed by atoms with Gasteiger partial charge in [-0.1, -0.05) is 12.1 Å². The Hall–Kier alpha value is -2.58. The minimum Gasteiger partial charge on any atom is -0.368 e. The van der Waals surface area contributed by atoms with E-state index in [0.717, 1.165) is 18.4 Å². The number of nitrogens with zero attached hydrogens (tertiary/aromatic N) is 2. The molecule has 1 aromatic carbocycles. The Labute approximate surface area is 140 Å². The summed E-state index contributed by atoms with van der Waals surface area (Å²) in [7, 11) is 0. The fourth-order valence-corrected chi connectivity index (χ4v) is 3.41. The molecular weight excluding hydrogens is 302 g/mol. The molecule has 2 aliphatic rings. The number of nitriles is 1. The number of aromatic nitrogens is 1. The van der Waals surface area contributed by atoms with Crippen molar-refractivity contribution in [2.75, 3.05) is 13.2 Å². The van der Waals surface area contributed by atoms with Crippen LogP contribution in [0.5, 0.6) is 0 Å². The SMILES string of the molecule is N#Cc1cccc([C@]2(CNC(=O)C3CC3n3cccc3)CCO2)c1. The second-order valence-corrected chi connectivity index (χ2v) is 6.54. The van der Waals surface area contributed by atoms with E-state index in [2.05, 4.69) is 16.0 Å². The van der Waals surface area contributed by atoms with Crippen LogP contribution in [0.2, 0.25) is 0 Å². The zero-order chi connectivity index (χ0) is 16.6. The normalized spacial score (nSPS) is 27.8. The summed E-state index contributed by atoms with van der Waals surface area (Å²) < 4.78 is 7.92. The van der Waals surface area contributed by atoms with Gasteiger partial charge in [0.1, 0.15) is 5.60 Å². The minimum absolute atomic E-state index is 0.0416. The van der Waals surface area contributed by atoms with Gasteiger partial charge in [-0.05, 0) is 36.2 Å². The van der Waals surface area contributed by atoms with Crippen molar-refractivity contribution in [1.29, 1.82) is 5.26 Å². The van der Waals surface area contributed by atoms with Gasteiger partial charge in [-0.15, -0.1) is 0 Å². The fraction of sp³-hybridized carbons (Fsp3) is 0.368. The van der Waals surface area contributed by atoms with Crippen LogP contribution in [0.1, 0.15) is 30.0 Å². The smallest absolute Gasteiger partial charge is 0.225 e. The standard InChI is InChI=1S/C19H19N3O2/c20-12-14-4-3-5-15(10-14)19(6-9-24-19)13-21-18(23)16-11-17(16)22-7-1-2-8-22/h1-5,7-8,10,16-17H,6,9,11,13H2,(H,21,23)/t16?,17?,19-/m1/s1. The molecule has 3 atom stereocenters. The highest BCUT2D eigenvalue weighted by Crippen LogP contribution is 2.44. The summed E-state index contributed by atoms with van der Waals surface area (Å²) in [6.45, 7) is 1.14. The molecule has 0 bridgehead atoms. The number of carbonyl (C=O) groups excluding carboxylic acids is 1. The van der Waals surface area contributed by atoms with Crippen LogP contribution in [0, 0.1) is 17.2 Å². The first-order valence-electron chi connectivity index (χ1n) is 8.27. The van der Waals surface area contributed by atoms with Gasteiger partial charge in [-0.25, -0.2) is 0 Å². The summed E-state index contributed by atoms with van der Waals surface area (Å²) in [5.74, 6) is 0.125. The van der Waals surface area contributed by atoms with E-state index in [-0.39, 0.29) is 17.9 Å². The van der Waals surface area contributed by atoms with E-state index in [1.807, 2.05) is 42.7 Å². The molecule has 1 aliphatic heterocycles. The molecule has 1 aliphatic carbocycles. The lowest BCUT2D eigenvalue weighted by atomic mass is 9.85. The first-order chi connectivity index (χ1) is 11.7. The van der Waals surface area contributed by atoms with Crippen LogP contribution in [0.4, 0.5) is 0 Å². The minimum atomic E-state index is -0.486. The van der Waals surface area contributed by atoms with Crippen LogP contribution in [-0.4, -0.2) is 23.6 Å². The lowest BCUT2D eigenvalue weighted by Gasteiger charge is -2.42. The third-order valence-corrected chi connectivity index (χ3v) is 5.05. The molecule has 1 amide bonds. The van der Waals surface area contributed by atoms with Crippen molar-refractivity contribution in [2.24, 2.45) is 5.92 Å². The van der Waals surface area contributed by atoms with Crippen molar-refractivity contribution in [3.63, 3.8) is 0 Å². The Balaban J connectivity index is 1.41. The van der Waals surface area contributed by atoms with E-state index < -0.39 is 5.60 Å². The molecule has 5 nitrogen and oxygen atoms in total. The first kappa shape index (κ1) is 15.0. The quantitative estimate of drug-likeness (QED) is 0.919. The van der Waals surface area contributed by atoms with Crippen LogP contribution < -0.4 is 5.32 Å². The van der Waals surface area contributed by atoms with E-state index in [1.165, 1.54) is 0 Å². The number of benzene rings is 1. The van der Waals surface area contributed by atoms with Crippen molar-refractivity contribution in [1.82, 2.24) is 9.88 Å². The Morgan fingerprint density at radius 3 is 2.83 bits per heavy atom. The third kappa shape index (κ3) is 2.59. The van der Waals surface area contributed by atoms with Gasteiger partial charge in [0.2, 0.25) is 5.91 Å². The van der Waals surface area contributed by atoms with E-state index in [0.29, 0.717) is 18.7 Å². The van der Waals surface area contributed by atoms with Crippen LogP contribution in [-0.2, 0) is 15.1 Å². The largest absolute Gasteiger partial charge is 0.368 e. The van der Waals surface area contributed by atoms with Crippen molar-refractivity contribution in [3.8, 4) is 6.07 Å². The van der Waals surface area contributed by atoms with Crippen molar-refractivity contribution in [3.05, 3.63) is 59.9 Å². The Morgan fingerprint density at radius 1 is 1.38 bits per heavy atom. The van der Waals surface area contributed by atoms with E-state index >= 15 is 0 Å². The second kappa shape index (κ2) is 5.81. The summed E-state index contributed by atoms with van der Waals surface area (Å²) in [4.78, 5) is 12.4. The zero-order valence-electron chi connectivity index (χ0n) is 13.3. The molecule has 0 spiro atoms. The molecule has 2 aromatic rings. The van der Waals surface area contributed by atoms with Crippen LogP contribution in [0.15, 0.2) is 48.8 Å². The first-order valence-corrected chi connectivity index (χ1v) is 8.27. The van der Waals surface area contributed by atoms with Crippen molar-refractivity contribution < 1.29 is 9.53 Å². The fourth-order valence-electron chi connectivity index (χ4n) is 3.41. The molecule has 122 valence electrons. The lowest BCUT2D eigenvalue weighted by Crippen LogP contribution is -2.50. The summed E-state index contributed by atoms with van der Waals surface area (Å²) in [5.41, 5.74) is 1.09. The highest BCUT2D eigenvalue weighted by atomic mass is 16.5. The summed E-state index contributed by atoms with van der Waals surface area (Å²) in [6.07, 6.45) is 5.75. The molecule has 2 unspecified atom stereocenters. The maximum atomic E-state index is 12.4. The van der Waals surface area contributed by atoms with Gasteiger partial charge in [0.05, 0.1) is 30.7 Å². The van der Waals surface area contributed by atoms with Crippen LogP contribution in [0.25, 0.3) is 0 Å². The maximum Gasteiger partial charge on any atom is 0.225 e. The van der Waals surface area contributed by atoms with Crippen molar-refractivity contribution in [2.45, 2.75) is 24.5 Å². The highest BCUT2D eigenvalue weighted by Gasteiger charge is 2.46. The monoisotopic (exact) mass is 321 g/mol. The number of rotatable bonds is 5. The summed E-state index contributed by atoms with van der Waals surface area (Å²) in [5, 5.41) is 12.1. The molecular formula is C19H19N3O2. The van der Waals surface area contributed by atoms with Crippen molar-refractivity contribution >= 4 is 5.91 Å². The number of hydrogen-bond donors (Lipinski definition) is 1. The van der Waals surface area contributed by atoms with E-state index in [1.54, 1.807) is 6.07 Å². The molecule has 2 heterocycles. The van der Waals surface area contributed by atoms with Gasteiger partial charge in [0, 0.05) is 24.9 Å². The molecule has 2 fully saturated rings. The lowest BCUT2D eigenvalue weighted by molar-refractivity contribution is -0.155. The third-order valence-electron chi connectivity index (χ3n) is 5.05. The molecule has 4 rings (SSSR count). The predicted octanol–water partition coefficient (Wildman–Crippen LogP) is 2.35. The Bertz CT molecular complexity index is 787. The van der Waals surface area contributed by atoms with Gasteiger partial charge in [0.25, 0.3) is 0 Å². The highest BCUT2D eigenvalue weighted by molar-refractivity contribution is 5.82.